The number of rotatable bonds is 0. The lowest BCUT2D eigenvalue weighted by Gasteiger charge is -2.07. The van der Waals surface area contributed by atoms with Crippen LogP contribution in [0.5, 0.6) is 0 Å². The standard InChI is InChI=1S/C14H14S/c1-11-6-5-7-12(2)15-14-9-4-3-8-13(14)10-11/h3-9H,2,10H2,1H3/b7-5-,11-6-. The van der Waals surface area contributed by atoms with Gasteiger partial charge in [0.15, 0.2) is 0 Å². The monoisotopic (exact) mass is 214 g/mol. The summed E-state index contributed by atoms with van der Waals surface area (Å²) in [6.07, 6.45) is 7.33. The van der Waals surface area contributed by atoms with Crippen molar-refractivity contribution in [1.82, 2.24) is 0 Å². The molecule has 0 bridgehead atoms. The minimum atomic E-state index is 1.03. The highest BCUT2D eigenvalue weighted by Gasteiger charge is 2.05. The molecule has 0 unspecified atom stereocenters. The van der Waals surface area contributed by atoms with E-state index in [-0.39, 0.29) is 0 Å². The van der Waals surface area contributed by atoms with Gasteiger partial charge in [-0.15, -0.1) is 0 Å². The maximum absolute atomic E-state index is 4.03. The number of benzene rings is 1. The molecule has 1 heteroatoms. The molecule has 1 aliphatic rings. The molecule has 0 atom stereocenters. The van der Waals surface area contributed by atoms with Gasteiger partial charge >= 0.3 is 0 Å². The van der Waals surface area contributed by atoms with Gasteiger partial charge < -0.3 is 0 Å². The molecule has 0 amide bonds. The number of allylic oxidation sites excluding steroid dienone is 4. The molecule has 1 aromatic rings. The second-order valence-corrected chi connectivity index (χ2v) is 4.89. The van der Waals surface area contributed by atoms with Gasteiger partial charge in [0.2, 0.25) is 0 Å². The van der Waals surface area contributed by atoms with E-state index in [4.69, 9.17) is 0 Å². The van der Waals surface area contributed by atoms with Crippen molar-refractivity contribution in [2.24, 2.45) is 0 Å². The van der Waals surface area contributed by atoms with E-state index in [0.717, 1.165) is 11.3 Å². The summed E-state index contributed by atoms with van der Waals surface area (Å²) in [5.74, 6) is 0. The lowest BCUT2D eigenvalue weighted by molar-refractivity contribution is 1.09. The Hall–Kier alpha value is -1.21. The molecule has 0 spiro atoms. The van der Waals surface area contributed by atoms with Crippen LogP contribution in [0.4, 0.5) is 0 Å². The van der Waals surface area contributed by atoms with E-state index in [0.29, 0.717) is 0 Å². The summed E-state index contributed by atoms with van der Waals surface area (Å²) in [7, 11) is 0. The van der Waals surface area contributed by atoms with Crippen LogP contribution in [0.2, 0.25) is 0 Å². The van der Waals surface area contributed by atoms with Crippen molar-refractivity contribution in [3.63, 3.8) is 0 Å². The van der Waals surface area contributed by atoms with E-state index in [1.54, 1.807) is 11.8 Å². The van der Waals surface area contributed by atoms with E-state index in [2.05, 4.69) is 56.0 Å². The van der Waals surface area contributed by atoms with Crippen LogP contribution in [-0.2, 0) is 6.42 Å². The highest BCUT2D eigenvalue weighted by molar-refractivity contribution is 8.03. The second-order valence-electron chi connectivity index (χ2n) is 3.73. The Morgan fingerprint density at radius 2 is 2.07 bits per heavy atom. The first-order valence-corrected chi connectivity index (χ1v) is 5.86. The number of hydrogen-bond donors (Lipinski definition) is 0. The third-order valence-electron chi connectivity index (χ3n) is 2.35. The lowest BCUT2D eigenvalue weighted by Crippen LogP contribution is -1.88. The Kier molecular flexibility index (Phi) is 3.12. The molecule has 0 aliphatic carbocycles. The number of fused-ring (bicyclic) bond motifs is 1. The smallest absolute Gasteiger partial charge is 0.0157 e. The van der Waals surface area contributed by atoms with Gasteiger partial charge in [0.05, 0.1) is 0 Å². The minimum Gasteiger partial charge on any atom is -0.0904 e. The molecular formula is C14H14S. The Labute approximate surface area is 95.4 Å². The largest absolute Gasteiger partial charge is 0.0904 e. The molecule has 76 valence electrons. The zero-order valence-corrected chi connectivity index (χ0v) is 9.68. The summed E-state index contributed by atoms with van der Waals surface area (Å²) in [4.78, 5) is 2.41. The summed E-state index contributed by atoms with van der Waals surface area (Å²) in [5.41, 5.74) is 2.77. The van der Waals surface area contributed by atoms with E-state index in [1.165, 1.54) is 16.0 Å². The zero-order chi connectivity index (χ0) is 10.7. The lowest BCUT2D eigenvalue weighted by atomic mass is 10.1. The van der Waals surface area contributed by atoms with Crippen LogP contribution in [0, 0.1) is 0 Å². The molecule has 1 heterocycles. The number of hydrogen-bond acceptors (Lipinski definition) is 1. The summed E-state index contributed by atoms with van der Waals surface area (Å²) in [6.45, 7) is 6.19. The Balaban J connectivity index is 2.43. The van der Waals surface area contributed by atoms with Gasteiger partial charge in [0, 0.05) is 9.80 Å². The third kappa shape index (κ3) is 2.63. The van der Waals surface area contributed by atoms with Gasteiger partial charge in [-0.3, -0.25) is 0 Å². The van der Waals surface area contributed by atoms with Crippen molar-refractivity contribution >= 4 is 11.8 Å². The maximum Gasteiger partial charge on any atom is 0.0157 e. The molecule has 0 saturated heterocycles. The van der Waals surface area contributed by atoms with E-state index < -0.39 is 0 Å². The van der Waals surface area contributed by atoms with Crippen LogP contribution in [0.25, 0.3) is 0 Å². The molecule has 0 saturated carbocycles. The molecule has 0 fully saturated rings. The van der Waals surface area contributed by atoms with Crippen LogP contribution in [0.15, 0.2) is 64.4 Å². The first kappa shape index (κ1) is 10.3. The Morgan fingerprint density at radius 1 is 1.27 bits per heavy atom. The van der Waals surface area contributed by atoms with Crippen molar-refractivity contribution in [2.75, 3.05) is 0 Å². The van der Waals surface area contributed by atoms with E-state index in [1.807, 2.05) is 0 Å². The third-order valence-corrected chi connectivity index (χ3v) is 3.36. The average molecular weight is 214 g/mol. The van der Waals surface area contributed by atoms with Gasteiger partial charge in [-0.1, -0.05) is 54.3 Å². The summed E-state index contributed by atoms with van der Waals surface area (Å²) in [5, 5.41) is 0. The van der Waals surface area contributed by atoms with Crippen molar-refractivity contribution < 1.29 is 0 Å². The minimum absolute atomic E-state index is 1.03. The fraction of sp³-hybridized carbons (Fsp3) is 0.143. The molecule has 0 N–H and O–H groups in total. The first-order valence-electron chi connectivity index (χ1n) is 5.04. The highest BCUT2D eigenvalue weighted by Crippen LogP contribution is 2.31. The van der Waals surface area contributed by atoms with Gasteiger partial charge in [-0.05, 0) is 31.1 Å². The molecule has 0 aromatic heterocycles. The van der Waals surface area contributed by atoms with Crippen LogP contribution in [-0.4, -0.2) is 0 Å². The predicted octanol–water partition coefficient (Wildman–Crippen LogP) is 4.35. The van der Waals surface area contributed by atoms with Crippen molar-refractivity contribution in [3.8, 4) is 0 Å². The molecule has 1 aromatic carbocycles. The fourth-order valence-corrected chi connectivity index (χ4v) is 2.45. The van der Waals surface area contributed by atoms with Gasteiger partial charge in [0.25, 0.3) is 0 Å². The fourth-order valence-electron chi connectivity index (χ4n) is 1.60. The quantitative estimate of drug-likeness (QED) is 0.618. The second kappa shape index (κ2) is 4.54. The normalized spacial score (nSPS) is 21.7. The predicted molar refractivity (Wildman–Crippen MR) is 68.0 cm³/mol. The molecular weight excluding hydrogens is 200 g/mol. The van der Waals surface area contributed by atoms with Crippen molar-refractivity contribution in [1.29, 1.82) is 0 Å². The summed E-state index contributed by atoms with van der Waals surface area (Å²) >= 11 is 1.75. The first-order chi connectivity index (χ1) is 7.25. The van der Waals surface area contributed by atoms with Gasteiger partial charge in [0.1, 0.15) is 0 Å². The SMILES string of the molecule is C=C1/C=C\C=C(\C)Cc2ccccc2S1. The van der Waals surface area contributed by atoms with Crippen molar-refractivity contribution in [2.45, 2.75) is 18.2 Å². The van der Waals surface area contributed by atoms with Crippen molar-refractivity contribution in [3.05, 3.63) is 65.1 Å². The van der Waals surface area contributed by atoms with Crippen LogP contribution in [0.1, 0.15) is 12.5 Å². The van der Waals surface area contributed by atoms with Gasteiger partial charge in [-0.25, -0.2) is 0 Å². The topological polar surface area (TPSA) is 0 Å². The molecule has 15 heavy (non-hydrogen) atoms. The highest BCUT2D eigenvalue weighted by atomic mass is 32.2. The maximum atomic E-state index is 4.03. The summed E-state index contributed by atoms with van der Waals surface area (Å²) < 4.78 is 0. The van der Waals surface area contributed by atoms with E-state index in [9.17, 15) is 0 Å². The number of thioether (sulfide) groups is 1. The van der Waals surface area contributed by atoms with Crippen LogP contribution in [0.3, 0.4) is 0 Å². The summed E-state index contributed by atoms with van der Waals surface area (Å²) in [6, 6.07) is 8.54. The molecule has 0 radical (unpaired) electrons. The van der Waals surface area contributed by atoms with E-state index >= 15 is 0 Å². The van der Waals surface area contributed by atoms with Gasteiger partial charge in [-0.2, -0.15) is 0 Å². The Morgan fingerprint density at radius 3 is 2.93 bits per heavy atom. The Bertz CT molecular complexity index is 423. The molecule has 2 rings (SSSR count). The average Bonchev–Trinajstić information content (AvgIpc) is 2.26. The molecule has 0 nitrogen and oxygen atoms in total. The van der Waals surface area contributed by atoms with Crippen LogP contribution >= 0.6 is 11.8 Å². The zero-order valence-electron chi connectivity index (χ0n) is 8.86. The molecule has 1 aliphatic heterocycles. The van der Waals surface area contributed by atoms with Crippen LogP contribution < -0.4 is 0 Å².